The topological polar surface area (TPSA) is 85.0 Å². The third-order valence-electron chi connectivity index (χ3n) is 4.82. The number of hydrogen-bond acceptors (Lipinski definition) is 7. The molecule has 164 valence electrons. The molecule has 0 saturated carbocycles. The minimum absolute atomic E-state index is 0.00869. The van der Waals surface area contributed by atoms with E-state index < -0.39 is 11.6 Å². The number of anilines is 1. The van der Waals surface area contributed by atoms with E-state index in [0.717, 1.165) is 22.4 Å². The van der Waals surface area contributed by atoms with Gasteiger partial charge in [0.1, 0.15) is 35.4 Å². The molecule has 1 N–H and O–H groups in total. The average Bonchev–Trinajstić information content (AvgIpc) is 3.42. The summed E-state index contributed by atoms with van der Waals surface area (Å²) in [5.74, 6) is -0.525. The molecule has 10 heteroatoms. The number of nitriles is 1. The number of ether oxygens (including phenoxy) is 2. The molecule has 0 bridgehead atoms. The van der Waals surface area contributed by atoms with E-state index in [-0.39, 0.29) is 23.5 Å². The molecule has 3 heterocycles. The fourth-order valence-corrected chi connectivity index (χ4v) is 4.21. The van der Waals surface area contributed by atoms with Crippen LogP contribution in [0.15, 0.2) is 36.0 Å². The number of aromatic nitrogens is 3. The van der Waals surface area contributed by atoms with E-state index in [4.69, 9.17) is 9.47 Å². The first kappa shape index (κ1) is 21.5. The largest absolute Gasteiger partial charge is 0.496 e. The predicted octanol–water partition coefficient (Wildman–Crippen LogP) is 4.83. The highest BCUT2D eigenvalue weighted by Gasteiger charge is 2.20. The van der Waals surface area contributed by atoms with Gasteiger partial charge in [0.25, 0.3) is 0 Å². The standard InChI is InChI=1S/C22H19F2N5O2S/c1-3-31-14-7-19(32-11-14)17-9-20(28-12-27-17)26-4-5-29-13(10-25)6-15-18(30-2)8-16(23)21(24)22(15)29/h6-9,11-12H,3-5H2,1-2H3,(H,26,27,28). The van der Waals surface area contributed by atoms with Crippen molar-refractivity contribution >= 4 is 28.1 Å². The first-order chi connectivity index (χ1) is 15.5. The van der Waals surface area contributed by atoms with Crippen LogP contribution in [0, 0.1) is 23.0 Å². The smallest absolute Gasteiger partial charge is 0.183 e. The molecule has 0 amide bonds. The lowest BCUT2D eigenvalue weighted by Crippen LogP contribution is -2.13. The van der Waals surface area contributed by atoms with Gasteiger partial charge in [-0.25, -0.2) is 18.7 Å². The summed E-state index contributed by atoms with van der Waals surface area (Å²) in [5.41, 5.74) is 0.932. The van der Waals surface area contributed by atoms with Crippen molar-refractivity contribution in [2.75, 3.05) is 25.6 Å². The molecule has 0 fully saturated rings. The van der Waals surface area contributed by atoms with Crippen molar-refractivity contribution < 1.29 is 18.3 Å². The van der Waals surface area contributed by atoms with Gasteiger partial charge in [0.15, 0.2) is 11.6 Å². The number of nitrogens with zero attached hydrogens (tertiary/aromatic N) is 4. The zero-order valence-electron chi connectivity index (χ0n) is 17.4. The number of methoxy groups -OCH3 is 1. The third-order valence-corrected chi connectivity index (χ3v) is 5.75. The van der Waals surface area contributed by atoms with E-state index >= 15 is 0 Å². The van der Waals surface area contributed by atoms with Gasteiger partial charge in [-0.3, -0.25) is 0 Å². The van der Waals surface area contributed by atoms with E-state index in [9.17, 15) is 14.0 Å². The summed E-state index contributed by atoms with van der Waals surface area (Å²) in [6.07, 6.45) is 1.45. The van der Waals surface area contributed by atoms with Crippen molar-refractivity contribution in [3.05, 3.63) is 53.3 Å². The first-order valence-electron chi connectivity index (χ1n) is 9.78. The van der Waals surface area contributed by atoms with Crippen molar-refractivity contribution in [3.8, 4) is 28.1 Å². The maximum absolute atomic E-state index is 14.6. The molecule has 1 aromatic carbocycles. The fraction of sp³-hybridized carbons (Fsp3) is 0.227. The maximum atomic E-state index is 14.6. The highest BCUT2D eigenvalue weighted by Crippen LogP contribution is 2.33. The Balaban J connectivity index is 1.55. The Morgan fingerprint density at radius 3 is 2.81 bits per heavy atom. The van der Waals surface area contributed by atoms with Crippen LogP contribution in [0.4, 0.5) is 14.6 Å². The van der Waals surface area contributed by atoms with Gasteiger partial charge in [0.2, 0.25) is 0 Å². The van der Waals surface area contributed by atoms with Gasteiger partial charge in [-0.15, -0.1) is 11.3 Å². The molecule has 0 aliphatic heterocycles. The number of halogens is 2. The summed E-state index contributed by atoms with van der Waals surface area (Å²) < 4.78 is 40.7. The molecule has 32 heavy (non-hydrogen) atoms. The Hall–Kier alpha value is -3.71. The summed E-state index contributed by atoms with van der Waals surface area (Å²) in [7, 11) is 1.37. The number of nitrogens with one attached hydrogen (secondary N) is 1. The van der Waals surface area contributed by atoms with Crippen LogP contribution in [-0.4, -0.2) is 34.8 Å². The Morgan fingerprint density at radius 1 is 1.22 bits per heavy atom. The lowest BCUT2D eigenvalue weighted by atomic mass is 10.2. The Bertz CT molecular complexity index is 1310. The summed E-state index contributed by atoms with van der Waals surface area (Å²) in [6.45, 7) is 3.04. The zero-order valence-corrected chi connectivity index (χ0v) is 18.2. The Morgan fingerprint density at radius 2 is 2.06 bits per heavy atom. The molecule has 4 rings (SSSR count). The third kappa shape index (κ3) is 4.07. The van der Waals surface area contributed by atoms with Crippen LogP contribution in [0.5, 0.6) is 11.5 Å². The normalized spacial score (nSPS) is 10.8. The van der Waals surface area contributed by atoms with Gasteiger partial charge in [0.05, 0.1) is 29.8 Å². The summed E-state index contributed by atoms with van der Waals surface area (Å²) in [5, 5.41) is 14.9. The van der Waals surface area contributed by atoms with E-state index in [1.54, 1.807) is 6.07 Å². The van der Waals surface area contributed by atoms with Crippen LogP contribution in [0.2, 0.25) is 0 Å². The van der Waals surface area contributed by atoms with Crippen molar-refractivity contribution in [3.63, 3.8) is 0 Å². The number of rotatable bonds is 8. The summed E-state index contributed by atoms with van der Waals surface area (Å²) >= 11 is 1.51. The number of hydrogen-bond donors (Lipinski definition) is 1. The van der Waals surface area contributed by atoms with Gasteiger partial charge >= 0.3 is 0 Å². The van der Waals surface area contributed by atoms with Gasteiger partial charge < -0.3 is 19.4 Å². The molecule has 0 radical (unpaired) electrons. The number of benzene rings is 1. The van der Waals surface area contributed by atoms with Gasteiger partial charge in [-0.2, -0.15) is 5.26 Å². The second-order valence-corrected chi connectivity index (χ2v) is 7.64. The Labute approximate surface area is 186 Å². The first-order valence-corrected chi connectivity index (χ1v) is 10.7. The highest BCUT2D eigenvalue weighted by molar-refractivity contribution is 7.13. The minimum Gasteiger partial charge on any atom is -0.496 e. The van der Waals surface area contributed by atoms with Crippen LogP contribution in [0.3, 0.4) is 0 Å². The Kier molecular flexibility index (Phi) is 6.18. The van der Waals surface area contributed by atoms with Gasteiger partial charge in [-0.05, 0) is 13.0 Å². The summed E-state index contributed by atoms with van der Waals surface area (Å²) in [6, 6.07) is 8.21. The van der Waals surface area contributed by atoms with E-state index in [1.165, 1.54) is 35.4 Å². The van der Waals surface area contributed by atoms with E-state index in [2.05, 4.69) is 15.3 Å². The molecular formula is C22H19F2N5O2S. The van der Waals surface area contributed by atoms with E-state index in [0.29, 0.717) is 24.4 Å². The lowest BCUT2D eigenvalue weighted by Gasteiger charge is -2.11. The molecule has 0 aliphatic rings. The second kappa shape index (κ2) is 9.20. The zero-order chi connectivity index (χ0) is 22.7. The van der Waals surface area contributed by atoms with E-state index in [1.807, 2.05) is 24.4 Å². The molecule has 4 aromatic rings. The SMILES string of the molecule is CCOc1csc(-c2cc(NCCn3c(C#N)cc4c(OC)cc(F)c(F)c43)ncn2)c1. The van der Waals surface area contributed by atoms with Gasteiger partial charge in [-0.1, -0.05) is 0 Å². The monoisotopic (exact) mass is 455 g/mol. The molecule has 0 atom stereocenters. The molecule has 3 aromatic heterocycles. The van der Waals surface area contributed by atoms with Crippen LogP contribution in [-0.2, 0) is 6.54 Å². The lowest BCUT2D eigenvalue weighted by molar-refractivity contribution is 0.342. The molecule has 7 nitrogen and oxygen atoms in total. The van der Waals surface area contributed by atoms with Crippen molar-refractivity contribution in [2.24, 2.45) is 0 Å². The van der Waals surface area contributed by atoms with Crippen LogP contribution in [0.25, 0.3) is 21.5 Å². The maximum Gasteiger partial charge on any atom is 0.183 e. The quantitative estimate of drug-likeness (QED) is 0.410. The minimum atomic E-state index is -1.03. The van der Waals surface area contributed by atoms with Crippen molar-refractivity contribution in [1.29, 1.82) is 5.26 Å². The number of fused-ring (bicyclic) bond motifs is 1. The average molecular weight is 455 g/mol. The van der Waals surface area contributed by atoms with Gasteiger partial charge in [0, 0.05) is 42.1 Å². The summed E-state index contributed by atoms with van der Waals surface area (Å²) in [4.78, 5) is 9.45. The molecule has 0 spiro atoms. The molecule has 0 unspecified atom stereocenters. The van der Waals surface area contributed by atoms with Crippen LogP contribution in [0.1, 0.15) is 12.6 Å². The molecular weight excluding hydrogens is 436 g/mol. The number of thiophene rings is 1. The van der Waals surface area contributed by atoms with Crippen LogP contribution < -0.4 is 14.8 Å². The highest BCUT2D eigenvalue weighted by atomic mass is 32.1. The molecule has 0 saturated heterocycles. The predicted molar refractivity (Wildman–Crippen MR) is 118 cm³/mol. The fourth-order valence-electron chi connectivity index (χ4n) is 3.42. The molecule has 0 aliphatic carbocycles. The van der Waals surface area contributed by atoms with Crippen LogP contribution >= 0.6 is 11.3 Å². The van der Waals surface area contributed by atoms with Crippen molar-refractivity contribution in [2.45, 2.75) is 13.5 Å². The second-order valence-electron chi connectivity index (χ2n) is 6.72. The van der Waals surface area contributed by atoms with Crippen molar-refractivity contribution in [1.82, 2.24) is 14.5 Å².